The zero-order valence-corrected chi connectivity index (χ0v) is 18.8. The number of allylic oxidation sites excluding steroid dienone is 6. The van der Waals surface area contributed by atoms with Crippen molar-refractivity contribution in [3.05, 3.63) is 64.2 Å². The Kier molecular flexibility index (Phi) is 9.84. The van der Waals surface area contributed by atoms with Crippen molar-refractivity contribution in [1.82, 2.24) is 5.32 Å². The molecule has 1 saturated heterocycles. The molecule has 1 aromatic carbocycles. The molecule has 3 rings (SSSR count). The minimum Gasteiger partial charge on any atom is -0.326 e. The Balaban J connectivity index is 0.000000282. The van der Waals surface area contributed by atoms with Crippen LogP contribution in [0.15, 0.2) is 54.2 Å². The Bertz CT molecular complexity index is 755. The third-order valence-corrected chi connectivity index (χ3v) is 4.48. The number of benzene rings is 1. The third kappa shape index (κ3) is 7.17. The lowest BCUT2D eigenvalue weighted by atomic mass is 10.2. The molecule has 0 aromatic heterocycles. The van der Waals surface area contributed by atoms with Gasteiger partial charge in [0.2, 0.25) is 0 Å². The molecule has 4 nitrogen and oxygen atoms in total. The molecule has 1 fully saturated rings. The Morgan fingerprint density at radius 1 is 1.07 bits per heavy atom. The van der Waals surface area contributed by atoms with Crippen LogP contribution in [0.2, 0.25) is 10.0 Å². The van der Waals surface area contributed by atoms with E-state index in [0.717, 1.165) is 4.90 Å². The fraction of sp³-hybridized carbons (Fsp3) is 0.300. The number of imide groups is 1. The van der Waals surface area contributed by atoms with Crippen LogP contribution < -0.4 is 10.2 Å². The van der Waals surface area contributed by atoms with E-state index in [-0.39, 0.29) is 5.91 Å². The van der Waals surface area contributed by atoms with E-state index in [0.29, 0.717) is 20.6 Å². The van der Waals surface area contributed by atoms with Crippen molar-refractivity contribution in [3.63, 3.8) is 0 Å². The van der Waals surface area contributed by atoms with Gasteiger partial charge in [-0.3, -0.25) is 4.79 Å². The topological polar surface area (TPSA) is 49.4 Å². The third-order valence-electron chi connectivity index (χ3n) is 3.44. The molecular formula is C20H23BrCl2N2O2. The van der Waals surface area contributed by atoms with Crippen molar-refractivity contribution >= 4 is 56.8 Å². The number of halogens is 3. The summed E-state index contributed by atoms with van der Waals surface area (Å²) in [7, 11) is 0. The number of hydrogen-bond acceptors (Lipinski definition) is 2. The summed E-state index contributed by atoms with van der Waals surface area (Å²) in [6, 6.07) is 3.58. The normalized spacial score (nSPS) is 20.7. The number of carbonyl (C=O) groups is 2. The van der Waals surface area contributed by atoms with Gasteiger partial charge in [0, 0.05) is 10.0 Å². The van der Waals surface area contributed by atoms with E-state index >= 15 is 0 Å². The second-order valence-electron chi connectivity index (χ2n) is 5.57. The summed E-state index contributed by atoms with van der Waals surface area (Å²) < 4.78 is 0. The highest BCUT2D eigenvalue weighted by atomic mass is 79.9. The predicted octanol–water partition coefficient (Wildman–Crippen LogP) is 6.29. The number of anilines is 1. The van der Waals surface area contributed by atoms with E-state index in [2.05, 4.69) is 58.6 Å². The number of amides is 3. The fourth-order valence-corrected chi connectivity index (χ4v) is 3.04. The first-order chi connectivity index (χ1) is 12.8. The molecule has 1 aliphatic heterocycles. The number of alkyl halides is 1. The van der Waals surface area contributed by atoms with Crippen LogP contribution in [-0.4, -0.2) is 22.8 Å². The van der Waals surface area contributed by atoms with E-state index in [1.54, 1.807) is 6.92 Å². The molecule has 146 valence electrons. The summed E-state index contributed by atoms with van der Waals surface area (Å²) in [5, 5.41) is 3.26. The molecule has 1 heterocycles. The van der Waals surface area contributed by atoms with E-state index in [1.807, 2.05) is 13.8 Å². The maximum Gasteiger partial charge on any atom is 0.329 e. The molecule has 3 amide bonds. The molecule has 2 aliphatic rings. The second kappa shape index (κ2) is 11.3. The smallest absolute Gasteiger partial charge is 0.326 e. The Hall–Kier alpha value is -1.56. The molecule has 27 heavy (non-hydrogen) atoms. The molecule has 2 unspecified atom stereocenters. The quantitative estimate of drug-likeness (QED) is 0.385. The lowest BCUT2D eigenvalue weighted by Gasteiger charge is -2.13. The summed E-state index contributed by atoms with van der Waals surface area (Å²) in [6.07, 6.45) is 10.5. The average Bonchev–Trinajstić information content (AvgIpc) is 2.74. The van der Waals surface area contributed by atoms with Crippen molar-refractivity contribution in [2.24, 2.45) is 0 Å². The van der Waals surface area contributed by atoms with E-state index in [1.165, 1.54) is 23.8 Å². The molecule has 2 atom stereocenters. The number of hydrogen-bond donors (Lipinski definition) is 1. The van der Waals surface area contributed by atoms with Gasteiger partial charge in [-0.05, 0) is 32.0 Å². The van der Waals surface area contributed by atoms with Gasteiger partial charge in [-0.25, -0.2) is 9.69 Å². The van der Waals surface area contributed by atoms with Crippen molar-refractivity contribution < 1.29 is 9.59 Å². The summed E-state index contributed by atoms with van der Waals surface area (Å²) in [5.74, 6) is -0.316. The minimum atomic E-state index is -0.523. The van der Waals surface area contributed by atoms with E-state index in [4.69, 9.17) is 23.2 Å². The highest BCUT2D eigenvalue weighted by Crippen LogP contribution is 2.27. The summed E-state index contributed by atoms with van der Waals surface area (Å²) in [5.41, 5.74) is 1.68. The molecule has 1 aliphatic carbocycles. The predicted molar refractivity (Wildman–Crippen MR) is 118 cm³/mol. The number of urea groups is 1. The van der Waals surface area contributed by atoms with Gasteiger partial charge >= 0.3 is 6.03 Å². The van der Waals surface area contributed by atoms with Crippen LogP contribution in [0.5, 0.6) is 0 Å². The molecule has 7 heteroatoms. The Labute approximate surface area is 179 Å². The van der Waals surface area contributed by atoms with Crippen molar-refractivity contribution in [3.8, 4) is 0 Å². The molecule has 0 bridgehead atoms. The minimum absolute atomic E-state index is 0.316. The summed E-state index contributed by atoms with van der Waals surface area (Å²) in [4.78, 5) is 24.7. The SMILES string of the molecule is CC.CC1=CC=CC(Br)C=C1.CC1NC(=O)N(c2cc(Cl)cc(Cl)c2)C1=O. The van der Waals surface area contributed by atoms with Crippen LogP contribution in [-0.2, 0) is 4.79 Å². The lowest BCUT2D eigenvalue weighted by Crippen LogP contribution is -2.30. The maximum absolute atomic E-state index is 11.7. The fourth-order valence-electron chi connectivity index (χ4n) is 2.19. The first-order valence-electron chi connectivity index (χ1n) is 8.56. The Morgan fingerprint density at radius 3 is 2.19 bits per heavy atom. The van der Waals surface area contributed by atoms with Gasteiger partial charge in [0.25, 0.3) is 5.91 Å². The van der Waals surface area contributed by atoms with Crippen LogP contribution >= 0.6 is 39.1 Å². The Morgan fingerprint density at radius 2 is 1.67 bits per heavy atom. The highest BCUT2D eigenvalue weighted by Gasteiger charge is 2.36. The van der Waals surface area contributed by atoms with Crippen molar-refractivity contribution in [2.45, 2.75) is 38.6 Å². The van der Waals surface area contributed by atoms with E-state index in [9.17, 15) is 9.59 Å². The van der Waals surface area contributed by atoms with Crippen LogP contribution in [0.4, 0.5) is 10.5 Å². The molecule has 1 aromatic rings. The largest absolute Gasteiger partial charge is 0.329 e. The van der Waals surface area contributed by atoms with Gasteiger partial charge in [-0.2, -0.15) is 0 Å². The lowest BCUT2D eigenvalue weighted by molar-refractivity contribution is -0.117. The summed E-state index contributed by atoms with van der Waals surface area (Å²) in [6.45, 7) is 7.71. The van der Waals surface area contributed by atoms with Gasteiger partial charge < -0.3 is 5.32 Å². The van der Waals surface area contributed by atoms with Crippen LogP contribution in [0, 0.1) is 0 Å². The number of nitrogens with zero attached hydrogens (tertiary/aromatic N) is 1. The van der Waals surface area contributed by atoms with Gasteiger partial charge in [0.05, 0.1) is 10.5 Å². The molecule has 1 N–H and O–H groups in total. The molecule has 0 radical (unpaired) electrons. The standard InChI is InChI=1S/C10H8Cl2N2O2.C8H9Br.C2H6/c1-5-9(15)14(10(16)13-5)8-3-6(11)2-7(12)4-8;1-7-3-2-4-8(9)6-5-7;1-2/h2-5H,1H3,(H,13,16);2-6,8H,1H3;1-2H3. The van der Waals surface area contributed by atoms with Gasteiger partial charge in [0.15, 0.2) is 0 Å². The first kappa shape index (κ1) is 23.5. The molecule has 0 saturated carbocycles. The van der Waals surface area contributed by atoms with Crippen LogP contribution in [0.3, 0.4) is 0 Å². The number of rotatable bonds is 1. The van der Waals surface area contributed by atoms with Gasteiger partial charge in [-0.15, -0.1) is 0 Å². The zero-order chi connectivity index (χ0) is 20.6. The first-order valence-corrected chi connectivity index (χ1v) is 10.2. The number of nitrogens with one attached hydrogen (secondary N) is 1. The molecular weight excluding hydrogens is 451 g/mol. The van der Waals surface area contributed by atoms with Crippen molar-refractivity contribution in [1.29, 1.82) is 0 Å². The zero-order valence-electron chi connectivity index (χ0n) is 15.7. The van der Waals surface area contributed by atoms with E-state index < -0.39 is 12.1 Å². The maximum atomic E-state index is 11.7. The summed E-state index contributed by atoms with van der Waals surface area (Å²) >= 11 is 15.1. The average molecular weight is 474 g/mol. The molecule has 0 spiro atoms. The van der Waals surface area contributed by atoms with Crippen molar-refractivity contribution in [2.75, 3.05) is 4.90 Å². The number of carbonyl (C=O) groups excluding carboxylic acids is 2. The van der Waals surface area contributed by atoms with Crippen LogP contribution in [0.25, 0.3) is 0 Å². The van der Waals surface area contributed by atoms with Crippen LogP contribution in [0.1, 0.15) is 27.7 Å². The second-order valence-corrected chi connectivity index (χ2v) is 7.50. The highest BCUT2D eigenvalue weighted by molar-refractivity contribution is 9.09. The van der Waals surface area contributed by atoms with Gasteiger partial charge in [0.1, 0.15) is 6.04 Å². The van der Waals surface area contributed by atoms with Gasteiger partial charge in [-0.1, -0.05) is 88.9 Å². The monoisotopic (exact) mass is 472 g/mol.